The van der Waals surface area contributed by atoms with Crippen molar-refractivity contribution in [1.82, 2.24) is 19.7 Å². The minimum absolute atomic E-state index is 0.0802. The Morgan fingerprint density at radius 2 is 2.03 bits per heavy atom. The second-order valence-electron chi connectivity index (χ2n) is 9.34. The number of aromatic amines is 1. The fourth-order valence-corrected chi connectivity index (χ4v) is 5.62. The first kappa shape index (κ1) is 23.8. The molecule has 3 heterocycles. The number of hydrogen-bond acceptors (Lipinski definition) is 4. The first-order valence-corrected chi connectivity index (χ1v) is 12.6. The highest BCUT2D eigenvalue weighted by Gasteiger charge is 2.25. The van der Waals surface area contributed by atoms with Gasteiger partial charge in [-0.2, -0.15) is 5.10 Å². The summed E-state index contributed by atoms with van der Waals surface area (Å²) in [4.78, 5) is 7.91. The molecule has 0 bridgehead atoms. The monoisotopic (exact) mass is 496 g/mol. The number of pyridine rings is 1. The molecular weight excluding hydrogens is 467 g/mol. The molecule has 0 saturated heterocycles. The van der Waals surface area contributed by atoms with Crippen molar-refractivity contribution < 1.29 is 14.2 Å². The molecule has 0 unspecified atom stereocenters. The molecule has 1 atom stereocenters. The highest BCUT2D eigenvalue weighted by Crippen LogP contribution is 2.41. The number of rotatable bonds is 6. The van der Waals surface area contributed by atoms with Crippen LogP contribution in [0.25, 0.3) is 22.2 Å². The van der Waals surface area contributed by atoms with Crippen LogP contribution in [-0.4, -0.2) is 37.6 Å². The molecule has 8 heteroatoms. The van der Waals surface area contributed by atoms with E-state index in [0.717, 1.165) is 59.1 Å². The summed E-state index contributed by atoms with van der Waals surface area (Å²) in [5.74, 6) is -0.100. The van der Waals surface area contributed by atoms with Crippen LogP contribution in [0.15, 0.2) is 36.8 Å². The van der Waals surface area contributed by atoms with Crippen molar-refractivity contribution in [2.45, 2.75) is 64.5 Å². The lowest BCUT2D eigenvalue weighted by atomic mass is 9.91. The van der Waals surface area contributed by atoms with Crippen LogP contribution in [0, 0.1) is 12.7 Å². The van der Waals surface area contributed by atoms with Gasteiger partial charge in [-0.25, -0.2) is 9.37 Å². The number of aliphatic hydroxyl groups is 1. The van der Waals surface area contributed by atoms with Gasteiger partial charge in [-0.3, -0.25) is 4.68 Å². The highest BCUT2D eigenvalue weighted by molar-refractivity contribution is 6.31. The molecule has 1 fully saturated rings. The Balaban J connectivity index is 1.53. The van der Waals surface area contributed by atoms with E-state index in [1.807, 2.05) is 32.4 Å². The van der Waals surface area contributed by atoms with Gasteiger partial charge in [0.05, 0.1) is 30.0 Å². The van der Waals surface area contributed by atoms with Crippen molar-refractivity contribution in [2.75, 3.05) is 6.61 Å². The standard InChI is InChI=1S/C27H30ClFN4O2/c1-4-35-24-10-9-23(29)26(28)25(24)15(2)21-13-31-27-20(21)11-17(12-30-27)22-14-32-33(16(22)3)18-5-7-19(34)8-6-18/h9-15,18-19,34H,4-8H2,1-3H3,(H,30,31)/t15-,18?,19?/m1/s1. The SMILES string of the molecule is CCOc1ccc(F)c(Cl)c1[C@H](C)c1c[nH]c2ncc(-c3cnn(C4CCC(O)CC4)c3C)cc12. The normalized spacial score (nSPS) is 19.3. The van der Waals surface area contributed by atoms with Crippen LogP contribution in [-0.2, 0) is 0 Å². The van der Waals surface area contributed by atoms with Gasteiger partial charge in [0.2, 0.25) is 0 Å². The first-order chi connectivity index (χ1) is 16.9. The van der Waals surface area contributed by atoms with Crippen molar-refractivity contribution in [2.24, 2.45) is 0 Å². The Morgan fingerprint density at radius 3 is 2.77 bits per heavy atom. The van der Waals surface area contributed by atoms with Crippen LogP contribution in [0.5, 0.6) is 5.75 Å². The van der Waals surface area contributed by atoms with Gasteiger partial charge in [-0.05, 0) is 63.3 Å². The average Bonchev–Trinajstić information content (AvgIpc) is 3.45. The summed E-state index contributed by atoms with van der Waals surface area (Å²) in [6.45, 7) is 6.44. The van der Waals surface area contributed by atoms with Gasteiger partial charge in [0.15, 0.2) is 0 Å². The van der Waals surface area contributed by atoms with E-state index in [-0.39, 0.29) is 17.0 Å². The molecule has 0 radical (unpaired) electrons. The lowest BCUT2D eigenvalue weighted by molar-refractivity contribution is 0.107. The number of fused-ring (bicyclic) bond motifs is 1. The van der Waals surface area contributed by atoms with Crippen molar-refractivity contribution in [1.29, 1.82) is 0 Å². The Labute approximate surface area is 209 Å². The third-order valence-electron chi connectivity index (χ3n) is 7.22. The average molecular weight is 497 g/mol. The number of benzene rings is 1. The van der Waals surface area contributed by atoms with Gasteiger partial charge in [-0.15, -0.1) is 0 Å². The third kappa shape index (κ3) is 4.32. The summed E-state index contributed by atoms with van der Waals surface area (Å²) >= 11 is 6.42. The molecule has 184 valence electrons. The van der Waals surface area contributed by atoms with Crippen LogP contribution in [0.2, 0.25) is 5.02 Å². The summed E-state index contributed by atoms with van der Waals surface area (Å²) in [7, 11) is 0. The minimum atomic E-state index is -0.464. The van der Waals surface area contributed by atoms with E-state index in [1.54, 1.807) is 6.07 Å². The number of nitrogens with zero attached hydrogens (tertiary/aromatic N) is 3. The molecule has 1 saturated carbocycles. The molecule has 4 aromatic rings. The van der Waals surface area contributed by atoms with Gasteiger partial charge in [0.1, 0.15) is 17.2 Å². The molecule has 1 aliphatic carbocycles. The van der Waals surface area contributed by atoms with Gasteiger partial charge in [0.25, 0.3) is 0 Å². The molecule has 0 amide bonds. The van der Waals surface area contributed by atoms with Crippen LogP contribution >= 0.6 is 11.6 Å². The molecule has 0 spiro atoms. The number of aliphatic hydroxyl groups excluding tert-OH is 1. The van der Waals surface area contributed by atoms with E-state index >= 15 is 0 Å². The zero-order chi connectivity index (χ0) is 24.7. The quantitative estimate of drug-likeness (QED) is 0.317. The Kier molecular flexibility index (Phi) is 6.55. The maximum absolute atomic E-state index is 14.4. The fourth-order valence-electron chi connectivity index (χ4n) is 5.30. The zero-order valence-corrected chi connectivity index (χ0v) is 20.9. The second kappa shape index (κ2) is 9.63. The third-order valence-corrected chi connectivity index (χ3v) is 7.61. The highest BCUT2D eigenvalue weighted by atomic mass is 35.5. The summed E-state index contributed by atoms with van der Waals surface area (Å²) in [5, 5.41) is 15.6. The van der Waals surface area contributed by atoms with E-state index in [0.29, 0.717) is 24.0 Å². The molecule has 2 N–H and O–H groups in total. The lowest BCUT2D eigenvalue weighted by Gasteiger charge is -2.26. The van der Waals surface area contributed by atoms with E-state index in [9.17, 15) is 9.50 Å². The number of ether oxygens (including phenoxy) is 1. The smallest absolute Gasteiger partial charge is 0.142 e. The van der Waals surface area contributed by atoms with Crippen molar-refractivity contribution in [3.8, 4) is 16.9 Å². The number of nitrogens with one attached hydrogen (secondary N) is 1. The predicted molar refractivity (Wildman–Crippen MR) is 136 cm³/mol. The lowest BCUT2D eigenvalue weighted by Crippen LogP contribution is -2.22. The molecule has 1 aromatic carbocycles. The van der Waals surface area contributed by atoms with Gasteiger partial charge in [0, 0.05) is 46.1 Å². The van der Waals surface area contributed by atoms with Crippen molar-refractivity contribution >= 4 is 22.6 Å². The van der Waals surface area contributed by atoms with Crippen LogP contribution in [0.3, 0.4) is 0 Å². The zero-order valence-electron chi connectivity index (χ0n) is 20.2. The maximum Gasteiger partial charge on any atom is 0.142 e. The topological polar surface area (TPSA) is 76.0 Å². The molecule has 6 nitrogen and oxygen atoms in total. The molecule has 0 aliphatic heterocycles. The van der Waals surface area contributed by atoms with E-state index < -0.39 is 5.82 Å². The Bertz CT molecular complexity index is 1360. The summed E-state index contributed by atoms with van der Waals surface area (Å²) in [6.07, 6.45) is 8.94. The Hall–Kier alpha value is -2.90. The molecular formula is C27H30ClFN4O2. The molecule has 1 aliphatic rings. The van der Waals surface area contributed by atoms with Crippen LogP contribution in [0.1, 0.15) is 68.3 Å². The number of H-pyrrole nitrogens is 1. The van der Waals surface area contributed by atoms with Crippen LogP contribution < -0.4 is 4.74 Å². The fraction of sp³-hybridized carbons (Fsp3) is 0.407. The number of halogens is 2. The summed E-state index contributed by atoms with van der Waals surface area (Å²) < 4.78 is 22.3. The predicted octanol–water partition coefficient (Wildman–Crippen LogP) is 6.55. The minimum Gasteiger partial charge on any atom is -0.494 e. The summed E-state index contributed by atoms with van der Waals surface area (Å²) in [6, 6.07) is 5.39. The first-order valence-electron chi connectivity index (χ1n) is 12.2. The van der Waals surface area contributed by atoms with Gasteiger partial charge < -0.3 is 14.8 Å². The molecule has 3 aromatic heterocycles. The Morgan fingerprint density at radius 1 is 1.26 bits per heavy atom. The van der Waals surface area contributed by atoms with E-state index in [2.05, 4.69) is 27.6 Å². The number of hydrogen-bond donors (Lipinski definition) is 2. The molecule has 35 heavy (non-hydrogen) atoms. The van der Waals surface area contributed by atoms with Gasteiger partial charge in [-0.1, -0.05) is 18.5 Å². The maximum atomic E-state index is 14.4. The van der Waals surface area contributed by atoms with Crippen LogP contribution in [0.4, 0.5) is 4.39 Å². The molecule has 5 rings (SSSR count). The van der Waals surface area contributed by atoms with Crippen molar-refractivity contribution in [3.05, 3.63) is 64.5 Å². The van der Waals surface area contributed by atoms with Crippen molar-refractivity contribution in [3.63, 3.8) is 0 Å². The van der Waals surface area contributed by atoms with E-state index in [4.69, 9.17) is 21.4 Å². The summed E-state index contributed by atoms with van der Waals surface area (Å²) in [5.41, 5.74) is 5.44. The van der Waals surface area contributed by atoms with E-state index in [1.165, 1.54) is 6.07 Å². The second-order valence-corrected chi connectivity index (χ2v) is 9.72. The number of aromatic nitrogens is 4. The largest absolute Gasteiger partial charge is 0.494 e. The van der Waals surface area contributed by atoms with Gasteiger partial charge >= 0.3 is 0 Å².